The molecule has 2 aliphatic carbocycles. The monoisotopic (exact) mass is 222 g/mol. The minimum Gasteiger partial charge on any atom is -0.0616 e. The molecule has 2 atom stereocenters. The molecule has 0 heteroatoms. The molecule has 2 unspecified atom stereocenters. The lowest BCUT2D eigenvalue weighted by molar-refractivity contribution is 0.398. The summed E-state index contributed by atoms with van der Waals surface area (Å²) in [7, 11) is 0. The van der Waals surface area contributed by atoms with Crippen LogP contribution in [0.3, 0.4) is 0 Å². The Kier molecular flexibility index (Phi) is 1.91. The molecule has 0 heterocycles. The molecule has 2 aromatic rings. The van der Waals surface area contributed by atoms with E-state index in [-0.39, 0.29) is 0 Å². The van der Waals surface area contributed by atoms with Gasteiger partial charge in [0.05, 0.1) is 0 Å². The Morgan fingerprint density at radius 3 is 2.94 bits per heavy atom. The van der Waals surface area contributed by atoms with E-state index < -0.39 is 0 Å². The highest BCUT2D eigenvalue weighted by atomic mass is 14.4. The molecular weight excluding hydrogens is 204 g/mol. The van der Waals surface area contributed by atoms with Crippen LogP contribution in [0.4, 0.5) is 0 Å². The fourth-order valence-electron chi connectivity index (χ4n) is 4.05. The molecule has 0 aliphatic heterocycles. The molecule has 2 aliphatic rings. The maximum atomic E-state index is 2.44. The highest BCUT2D eigenvalue weighted by Gasteiger charge is 2.31. The van der Waals surface area contributed by atoms with Gasteiger partial charge in [0.15, 0.2) is 0 Å². The van der Waals surface area contributed by atoms with Crippen LogP contribution >= 0.6 is 0 Å². The van der Waals surface area contributed by atoms with Gasteiger partial charge in [0, 0.05) is 0 Å². The Balaban J connectivity index is 2.15. The zero-order valence-electron chi connectivity index (χ0n) is 10.4. The molecule has 0 nitrogen and oxygen atoms in total. The summed E-state index contributed by atoms with van der Waals surface area (Å²) < 4.78 is 0. The zero-order chi connectivity index (χ0) is 11.4. The predicted octanol–water partition coefficient (Wildman–Crippen LogP) is 4.45. The van der Waals surface area contributed by atoms with Crippen LogP contribution in [-0.2, 0) is 12.8 Å². The van der Waals surface area contributed by atoms with Crippen molar-refractivity contribution in [2.75, 3.05) is 0 Å². The fraction of sp³-hybridized carbons (Fsp3) is 0.412. The van der Waals surface area contributed by atoms with Gasteiger partial charge in [-0.15, -0.1) is 0 Å². The Morgan fingerprint density at radius 2 is 2.00 bits per heavy atom. The van der Waals surface area contributed by atoms with E-state index in [1.807, 2.05) is 0 Å². The SMILES string of the molecule is CC1Cc2cccc3ccc4c(c23)C1CCC4. The van der Waals surface area contributed by atoms with Gasteiger partial charge in [-0.3, -0.25) is 0 Å². The Morgan fingerprint density at radius 1 is 1.06 bits per heavy atom. The second-order valence-corrected chi connectivity index (χ2v) is 5.83. The van der Waals surface area contributed by atoms with Crippen LogP contribution in [0.15, 0.2) is 30.3 Å². The number of benzene rings is 2. The van der Waals surface area contributed by atoms with Crippen LogP contribution in [0.2, 0.25) is 0 Å². The summed E-state index contributed by atoms with van der Waals surface area (Å²) in [6, 6.07) is 11.5. The van der Waals surface area contributed by atoms with E-state index >= 15 is 0 Å². The maximum Gasteiger partial charge on any atom is -0.0114 e. The quantitative estimate of drug-likeness (QED) is 0.617. The molecule has 0 bridgehead atoms. The minimum atomic E-state index is 0.828. The van der Waals surface area contributed by atoms with Crippen LogP contribution in [0.5, 0.6) is 0 Å². The van der Waals surface area contributed by atoms with Gasteiger partial charge in [-0.25, -0.2) is 0 Å². The van der Waals surface area contributed by atoms with Crippen LogP contribution in [0, 0.1) is 5.92 Å². The van der Waals surface area contributed by atoms with Gasteiger partial charge >= 0.3 is 0 Å². The first-order chi connectivity index (χ1) is 8.34. The summed E-state index contributed by atoms with van der Waals surface area (Å²) in [5.41, 5.74) is 4.93. The lowest BCUT2D eigenvalue weighted by Crippen LogP contribution is -2.22. The van der Waals surface area contributed by atoms with E-state index in [0.29, 0.717) is 0 Å². The van der Waals surface area contributed by atoms with E-state index in [2.05, 4.69) is 37.3 Å². The van der Waals surface area contributed by atoms with Crippen LogP contribution < -0.4 is 0 Å². The van der Waals surface area contributed by atoms with Crippen molar-refractivity contribution in [3.8, 4) is 0 Å². The van der Waals surface area contributed by atoms with Crippen LogP contribution in [0.1, 0.15) is 42.4 Å². The molecule has 17 heavy (non-hydrogen) atoms. The van der Waals surface area contributed by atoms with Gasteiger partial charge in [-0.1, -0.05) is 37.3 Å². The molecule has 2 aromatic carbocycles. The topological polar surface area (TPSA) is 0 Å². The van der Waals surface area contributed by atoms with Gasteiger partial charge in [-0.05, 0) is 65.0 Å². The first-order valence-corrected chi connectivity index (χ1v) is 6.88. The molecular formula is C17H18. The van der Waals surface area contributed by atoms with Crippen molar-refractivity contribution in [3.05, 3.63) is 47.0 Å². The summed E-state index contributed by atoms with van der Waals surface area (Å²) >= 11 is 0. The first-order valence-electron chi connectivity index (χ1n) is 6.88. The summed E-state index contributed by atoms with van der Waals surface area (Å²) in [5, 5.41) is 3.06. The van der Waals surface area contributed by atoms with E-state index in [1.54, 1.807) is 22.1 Å². The molecule has 0 saturated heterocycles. The van der Waals surface area contributed by atoms with Gasteiger partial charge < -0.3 is 0 Å². The van der Waals surface area contributed by atoms with Crippen LogP contribution in [-0.4, -0.2) is 0 Å². The second kappa shape index (κ2) is 3.35. The van der Waals surface area contributed by atoms with Crippen molar-refractivity contribution in [1.82, 2.24) is 0 Å². The Hall–Kier alpha value is -1.30. The maximum absolute atomic E-state index is 2.44. The molecule has 86 valence electrons. The molecule has 0 saturated carbocycles. The largest absolute Gasteiger partial charge is 0.0616 e. The zero-order valence-corrected chi connectivity index (χ0v) is 10.4. The Bertz CT molecular complexity index is 594. The summed E-state index contributed by atoms with van der Waals surface area (Å²) in [6.45, 7) is 2.44. The van der Waals surface area contributed by atoms with E-state index in [1.165, 1.54) is 31.1 Å². The van der Waals surface area contributed by atoms with Gasteiger partial charge in [-0.2, -0.15) is 0 Å². The van der Waals surface area contributed by atoms with Crippen molar-refractivity contribution < 1.29 is 0 Å². The number of aryl methyl sites for hydroxylation is 1. The molecule has 0 aromatic heterocycles. The highest BCUT2D eigenvalue weighted by Crippen LogP contribution is 2.46. The number of hydrogen-bond acceptors (Lipinski definition) is 0. The molecule has 4 rings (SSSR count). The molecule has 0 fully saturated rings. The highest BCUT2D eigenvalue weighted by molar-refractivity contribution is 5.91. The van der Waals surface area contributed by atoms with Gasteiger partial charge in [0.2, 0.25) is 0 Å². The average molecular weight is 222 g/mol. The Labute approximate surface area is 103 Å². The number of hydrogen-bond donors (Lipinski definition) is 0. The van der Waals surface area contributed by atoms with Gasteiger partial charge in [0.25, 0.3) is 0 Å². The third kappa shape index (κ3) is 1.24. The normalized spacial score (nSPS) is 26.2. The van der Waals surface area contributed by atoms with E-state index in [4.69, 9.17) is 0 Å². The van der Waals surface area contributed by atoms with Crippen molar-refractivity contribution in [2.45, 2.75) is 38.5 Å². The van der Waals surface area contributed by atoms with Gasteiger partial charge in [0.1, 0.15) is 0 Å². The summed E-state index contributed by atoms with van der Waals surface area (Å²) in [5.74, 6) is 1.66. The van der Waals surface area contributed by atoms with E-state index in [0.717, 1.165) is 11.8 Å². The van der Waals surface area contributed by atoms with E-state index in [9.17, 15) is 0 Å². The fourth-order valence-corrected chi connectivity index (χ4v) is 4.05. The summed E-state index contributed by atoms with van der Waals surface area (Å²) in [4.78, 5) is 0. The van der Waals surface area contributed by atoms with Crippen molar-refractivity contribution >= 4 is 10.8 Å². The minimum absolute atomic E-state index is 0.828. The smallest absolute Gasteiger partial charge is 0.0114 e. The average Bonchev–Trinajstić information content (AvgIpc) is 2.37. The van der Waals surface area contributed by atoms with Crippen molar-refractivity contribution in [3.63, 3.8) is 0 Å². The third-order valence-corrected chi connectivity index (χ3v) is 4.82. The number of rotatable bonds is 0. The standard InChI is InChI=1S/C17H18/c1-11-10-14-6-2-4-12-8-9-13-5-3-7-15(11)17(13)16(12)14/h2,4,6,8-9,11,15H,3,5,7,10H2,1H3. The summed E-state index contributed by atoms with van der Waals surface area (Å²) in [6.07, 6.45) is 5.36. The molecule has 0 spiro atoms. The first kappa shape index (κ1) is 9.70. The third-order valence-electron chi connectivity index (χ3n) is 4.82. The lowest BCUT2D eigenvalue weighted by Gasteiger charge is -2.36. The molecule has 0 N–H and O–H groups in total. The molecule has 0 amide bonds. The van der Waals surface area contributed by atoms with Crippen molar-refractivity contribution in [2.24, 2.45) is 5.92 Å². The molecule has 0 radical (unpaired) electrons. The predicted molar refractivity (Wildman–Crippen MR) is 72.5 cm³/mol. The van der Waals surface area contributed by atoms with Crippen molar-refractivity contribution in [1.29, 1.82) is 0 Å². The van der Waals surface area contributed by atoms with Crippen LogP contribution in [0.25, 0.3) is 10.8 Å². The second-order valence-electron chi connectivity index (χ2n) is 5.83. The lowest BCUT2D eigenvalue weighted by atomic mass is 9.68.